The van der Waals surface area contributed by atoms with Crippen LogP contribution in [0.2, 0.25) is 0 Å². The van der Waals surface area contributed by atoms with Crippen LogP contribution in [0.5, 0.6) is 5.75 Å². The zero-order valence-electron chi connectivity index (χ0n) is 12.5. The molecule has 7 nitrogen and oxygen atoms in total. The highest BCUT2D eigenvalue weighted by atomic mass is 16.5. The van der Waals surface area contributed by atoms with Gasteiger partial charge in [0.05, 0.1) is 12.8 Å². The quantitative estimate of drug-likeness (QED) is 0.498. The van der Waals surface area contributed by atoms with Gasteiger partial charge >= 0.3 is 11.8 Å². The topological polar surface area (TPSA) is 92.7 Å². The van der Waals surface area contributed by atoms with Crippen LogP contribution in [0.4, 0.5) is 5.69 Å². The van der Waals surface area contributed by atoms with Crippen molar-refractivity contribution in [2.45, 2.75) is 6.92 Å². The Labute approximate surface area is 133 Å². The fraction of sp³-hybridized carbons (Fsp3) is 0.125. The molecule has 7 heteroatoms. The van der Waals surface area contributed by atoms with E-state index in [1.807, 2.05) is 6.92 Å². The highest BCUT2D eigenvalue weighted by Crippen LogP contribution is 2.15. The summed E-state index contributed by atoms with van der Waals surface area (Å²) in [5, 5.41) is 6.18. The Bertz CT molecular complexity index is 684. The van der Waals surface area contributed by atoms with Crippen LogP contribution in [0.3, 0.4) is 0 Å². The average molecular weight is 312 g/mol. The molecule has 0 spiro atoms. The number of pyridine rings is 1. The minimum Gasteiger partial charge on any atom is -0.494 e. The molecular formula is C16H16N4O3. The second-order valence-electron chi connectivity index (χ2n) is 4.39. The number of carbonyl (C=O) groups excluding carboxylic acids is 2. The maximum atomic E-state index is 11.7. The number of ether oxygens (including phenoxy) is 1. The predicted octanol–water partition coefficient (Wildman–Crippen LogP) is 1.57. The largest absolute Gasteiger partial charge is 0.494 e. The molecule has 2 aromatic rings. The van der Waals surface area contributed by atoms with Gasteiger partial charge in [-0.25, -0.2) is 5.43 Å². The maximum absolute atomic E-state index is 11.7. The lowest BCUT2D eigenvalue weighted by molar-refractivity contribution is -0.136. The number of hydrazone groups is 1. The molecule has 23 heavy (non-hydrogen) atoms. The minimum atomic E-state index is -0.857. The van der Waals surface area contributed by atoms with Gasteiger partial charge in [-0.05, 0) is 48.9 Å². The SMILES string of the molecule is CCOc1ccc(NC(=O)C(=O)N/N=C/c2ccncc2)cc1. The molecule has 118 valence electrons. The Morgan fingerprint density at radius 3 is 2.48 bits per heavy atom. The van der Waals surface area contributed by atoms with Crippen molar-refractivity contribution in [3.05, 3.63) is 54.4 Å². The molecule has 0 aliphatic heterocycles. The number of amides is 2. The van der Waals surface area contributed by atoms with Crippen molar-refractivity contribution < 1.29 is 14.3 Å². The lowest BCUT2D eigenvalue weighted by Gasteiger charge is -2.06. The number of benzene rings is 1. The fourth-order valence-corrected chi connectivity index (χ4v) is 1.65. The number of hydrogen-bond donors (Lipinski definition) is 2. The van der Waals surface area contributed by atoms with Gasteiger partial charge in [-0.3, -0.25) is 14.6 Å². The number of hydrogen-bond acceptors (Lipinski definition) is 5. The molecular weight excluding hydrogens is 296 g/mol. The summed E-state index contributed by atoms with van der Waals surface area (Å²) >= 11 is 0. The van der Waals surface area contributed by atoms with Gasteiger partial charge in [-0.15, -0.1) is 0 Å². The van der Waals surface area contributed by atoms with Crippen LogP contribution in [-0.2, 0) is 9.59 Å². The van der Waals surface area contributed by atoms with E-state index in [9.17, 15) is 9.59 Å². The summed E-state index contributed by atoms with van der Waals surface area (Å²) in [5.41, 5.74) is 3.41. The molecule has 1 aromatic heterocycles. The second kappa shape index (κ2) is 8.28. The smallest absolute Gasteiger partial charge is 0.329 e. The first-order valence-electron chi connectivity index (χ1n) is 6.96. The summed E-state index contributed by atoms with van der Waals surface area (Å²) in [6, 6.07) is 10.1. The van der Waals surface area contributed by atoms with Crippen LogP contribution in [0.1, 0.15) is 12.5 Å². The Balaban J connectivity index is 1.85. The fourth-order valence-electron chi connectivity index (χ4n) is 1.65. The van der Waals surface area contributed by atoms with Gasteiger partial charge in [0, 0.05) is 18.1 Å². The van der Waals surface area contributed by atoms with Crippen molar-refractivity contribution in [2.75, 3.05) is 11.9 Å². The third kappa shape index (κ3) is 5.24. The first-order chi connectivity index (χ1) is 11.2. The van der Waals surface area contributed by atoms with Gasteiger partial charge in [0.1, 0.15) is 5.75 Å². The molecule has 0 saturated carbocycles. The van der Waals surface area contributed by atoms with Crippen molar-refractivity contribution in [2.24, 2.45) is 5.10 Å². The molecule has 1 heterocycles. The van der Waals surface area contributed by atoms with Gasteiger partial charge in [0.2, 0.25) is 0 Å². The molecule has 2 amide bonds. The van der Waals surface area contributed by atoms with Crippen molar-refractivity contribution in [1.29, 1.82) is 0 Å². The van der Waals surface area contributed by atoms with E-state index in [0.29, 0.717) is 18.0 Å². The monoisotopic (exact) mass is 312 g/mol. The first-order valence-corrected chi connectivity index (χ1v) is 6.96. The van der Waals surface area contributed by atoms with E-state index in [4.69, 9.17) is 4.74 Å². The van der Waals surface area contributed by atoms with Crippen molar-refractivity contribution >= 4 is 23.7 Å². The van der Waals surface area contributed by atoms with E-state index in [1.54, 1.807) is 48.8 Å². The summed E-state index contributed by atoms with van der Waals surface area (Å²) in [4.78, 5) is 27.2. The summed E-state index contributed by atoms with van der Waals surface area (Å²) in [6.45, 7) is 2.44. The van der Waals surface area contributed by atoms with Crippen LogP contribution < -0.4 is 15.5 Å². The van der Waals surface area contributed by atoms with E-state index in [2.05, 4.69) is 20.8 Å². The summed E-state index contributed by atoms with van der Waals surface area (Å²) in [7, 11) is 0. The number of nitrogens with one attached hydrogen (secondary N) is 2. The Kier molecular flexibility index (Phi) is 5.81. The predicted molar refractivity (Wildman–Crippen MR) is 86.2 cm³/mol. The summed E-state index contributed by atoms with van der Waals surface area (Å²) in [5.74, 6) is -0.970. The third-order valence-corrected chi connectivity index (χ3v) is 2.72. The number of anilines is 1. The van der Waals surface area contributed by atoms with Gasteiger partial charge in [0.15, 0.2) is 0 Å². The van der Waals surface area contributed by atoms with Crippen LogP contribution in [0, 0.1) is 0 Å². The minimum absolute atomic E-state index is 0.492. The maximum Gasteiger partial charge on any atom is 0.329 e. The number of carbonyl (C=O) groups is 2. The molecule has 0 unspecified atom stereocenters. The highest BCUT2D eigenvalue weighted by Gasteiger charge is 2.12. The Morgan fingerprint density at radius 2 is 1.83 bits per heavy atom. The van der Waals surface area contributed by atoms with Crippen molar-refractivity contribution in [3.63, 3.8) is 0 Å². The van der Waals surface area contributed by atoms with E-state index in [0.717, 1.165) is 5.56 Å². The van der Waals surface area contributed by atoms with Gasteiger partial charge in [-0.1, -0.05) is 0 Å². The van der Waals surface area contributed by atoms with Gasteiger partial charge in [0.25, 0.3) is 0 Å². The van der Waals surface area contributed by atoms with Gasteiger partial charge < -0.3 is 10.1 Å². The molecule has 0 fully saturated rings. The number of rotatable bonds is 5. The zero-order chi connectivity index (χ0) is 16.5. The standard InChI is InChI=1S/C16H16N4O3/c1-2-23-14-5-3-13(4-6-14)19-15(21)16(22)20-18-11-12-7-9-17-10-8-12/h3-11H,2H2,1H3,(H,19,21)(H,20,22)/b18-11+. The average Bonchev–Trinajstić information content (AvgIpc) is 2.57. The lowest BCUT2D eigenvalue weighted by atomic mass is 10.3. The Hall–Kier alpha value is -3.22. The van der Waals surface area contributed by atoms with Crippen LogP contribution in [0.25, 0.3) is 0 Å². The normalized spacial score (nSPS) is 10.3. The molecule has 0 bridgehead atoms. The first kappa shape index (κ1) is 16.2. The molecule has 0 saturated heterocycles. The van der Waals surface area contributed by atoms with Crippen molar-refractivity contribution in [1.82, 2.24) is 10.4 Å². The molecule has 1 aromatic carbocycles. The molecule has 2 N–H and O–H groups in total. The number of nitrogens with zero attached hydrogens (tertiary/aromatic N) is 2. The van der Waals surface area contributed by atoms with Crippen LogP contribution in [0.15, 0.2) is 53.9 Å². The molecule has 0 atom stereocenters. The molecule has 0 radical (unpaired) electrons. The summed E-state index contributed by atoms with van der Waals surface area (Å²) < 4.78 is 5.29. The van der Waals surface area contributed by atoms with E-state index >= 15 is 0 Å². The summed E-state index contributed by atoms with van der Waals surface area (Å²) in [6.07, 6.45) is 4.62. The second-order valence-corrected chi connectivity index (χ2v) is 4.39. The molecule has 2 rings (SSSR count). The van der Waals surface area contributed by atoms with E-state index in [-0.39, 0.29) is 0 Å². The number of aromatic nitrogens is 1. The Morgan fingerprint density at radius 1 is 1.13 bits per heavy atom. The van der Waals surface area contributed by atoms with Crippen LogP contribution in [-0.4, -0.2) is 29.6 Å². The lowest BCUT2D eigenvalue weighted by Crippen LogP contribution is -2.32. The molecule has 0 aliphatic carbocycles. The molecule has 0 aliphatic rings. The van der Waals surface area contributed by atoms with Gasteiger partial charge in [-0.2, -0.15) is 5.10 Å². The van der Waals surface area contributed by atoms with E-state index in [1.165, 1.54) is 6.21 Å². The zero-order valence-corrected chi connectivity index (χ0v) is 12.5. The third-order valence-electron chi connectivity index (χ3n) is 2.72. The van der Waals surface area contributed by atoms with Crippen LogP contribution >= 0.6 is 0 Å². The van der Waals surface area contributed by atoms with Crippen molar-refractivity contribution in [3.8, 4) is 5.75 Å². The highest BCUT2D eigenvalue weighted by molar-refractivity contribution is 6.39. The van der Waals surface area contributed by atoms with E-state index < -0.39 is 11.8 Å².